The van der Waals surface area contributed by atoms with Gasteiger partial charge in [0.05, 0.1) is 0 Å². The van der Waals surface area contributed by atoms with E-state index < -0.39 is 0 Å². The first kappa shape index (κ1) is 9.49. The van der Waals surface area contributed by atoms with Gasteiger partial charge < -0.3 is 6.15 Å². The van der Waals surface area contributed by atoms with E-state index in [0.717, 1.165) is 0 Å². The first-order valence-electron chi connectivity index (χ1n) is 4.07. The van der Waals surface area contributed by atoms with Crippen molar-refractivity contribution in [2.45, 2.75) is 0 Å². The van der Waals surface area contributed by atoms with Gasteiger partial charge in [0.1, 0.15) is 0 Å². The fraction of sp³-hybridized carbons (Fsp3) is 0. The van der Waals surface area contributed by atoms with Crippen LogP contribution in [0.4, 0.5) is 0 Å². The Hall–Kier alpha value is -1.60. The largest absolute Gasteiger partial charge is 0.344 e. The minimum Gasteiger partial charge on any atom is -0.344 e. The fourth-order valence-corrected chi connectivity index (χ4v) is 1.26. The number of rotatable bonds is 1. The molecule has 0 fully saturated rings. The lowest BCUT2D eigenvalue weighted by molar-refractivity contribution is 1.62. The molecule has 0 aliphatic rings. The van der Waals surface area contributed by atoms with Crippen molar-refractivity contribution in [3.05, 3.63) is 60.7 Å². The van der Waals surface area contributed by atoms with Crippen LogP contribution in [0.2, 0.25) is 0 Å². The van der Waals surface area contributed by atoms with Crippen molar-refractivity contribution >= 4 is 0 Å². The smallest absolute Gasteiger partial charge is 0.0184 e. The zero-order chi connectivity index (χ0) is 8.23. The summed E-state index contributed by atoms with van der Waals surface area (Å²) in [6, 6.07) is 20.8. The van der Waals surface area contributed by atoms with Gasteiger partial charge in [-0.3, -0.25) is 0 Å². The molecule has 0 spiro atoms. The molecule has 0 atom stereocenters. The average Bonchev–Trinajstić information content (AvgIpc) is 2.21. The van der Waals surface area contributed by atoms with Crippen molar-refractivity contribution in [2.75, 3.05) is 0 Å². The summed E-state index contributed by atoms with van der Waals surface area (Å²) in [5.41, 5.74) is 2.55. The second-order valence-corrected chi connectivity index (χ2v) is 2.73. The maximum absolute atomic E-state index is 2.12. The van der Waals surface area contributed by atoms with Gasteiger partial charge in [0.25, 0.3) is 0 Å². The molecule has 2 aromatic rings. The summed E-state index contributed by atoms with van der Waals surface area (Å²) < 4.78 is 0. The maximum atomic E-state index is 2.12. The van der Waals surface area contributed by atoms with Crippen LogP contribution in [0.5, 0.6) is 0 Å². The predicted molar refractivity (Wildman–Crippen MR) is 56.9 cm³/mol. The highest BCUT2D eigenvalue weighted by molar-refractivity contribution is 5.62. The van der Waals surface area contributed by atoms with Gasteiger partial charge >= 0.3 is 0 Å². The Balaban J connectivity index is 0.000000845. The highest BCUT2D eigenvalue weighted by Crippen LogP contribution is 2.17. The first-order chi connectivity index (χ1) is 5.97. The third kappa shape index (κ3) is 2.17. The lowest BCUT2D eigenvalue weighted by Gasteiger charge is -1.98. The molecule has 13 heavy (non-hydrogen) atoms. The summed E-state index contributed by atoms with van der Waals surface area (Å²) in [5, 5.41) is 0. The summed E-state index contributed by atoms with van der Waals surface area (Å²) >= 11 is 0. The molecule has 0 bridgehead atoms. The summed E-state index contributed by atoms with van der Waals surface area (Å²) in [7, 11) is 0. The molecular formula is C12H13N. The van der Waals surface area contributed by atoms with Crippen molar-refractivity contribution in [3.8, 4) is 11.1 Å². The van der Waals surface area contributed by atoms with Gasteiger partial charge in [-0.1, -0.05) is 60.7 Å². The van der Waals surface area contributed by atoms with Crippen molar-refractivity contribution in [1.29, 1.82) is 0 Å². The summed E-state index contributed by atoms with van der Waals surface area (Å²) in [6.07, 6.45) is 0. The molecular weight excluding hydrogens is 158 g/mol. The lowest BCUT2D eigenvalue weighted by Crippen LogP contribution is -1.73. The third-order valence-electron chi connectivity index (χ3n) is 1.88. The molecule has 2 rings (SSSR count). The normalized spacial score (nSPS) is 8.92. The van der Waals surface area contributed by atoms with E-state index in [1.165, 1.54) is 11.1 Å². The lowest BCUT2D eigenvalue weighted by atomic mass is 10.1. The number of benzene rings is 2. The van der Waals surface area contributed by atoms with Crippen LogP contribution in [0.15, 0.2) is 60.7 Å². The van der Waals surface area contributed by atoms with Crippen molar-refractivity contribution in [2.24, 2.45) is 0 Å². The molecule has 0 unspecified atom stereocenters. The molecule has 0 saturated heterocycles. The first-order valence-corrected chi connectivity index (χ1v) is 4.07. The second-order valence-electron chi connectivity index (χ2n) is 2.73. The van der Waals surface area contributed by atoms with Gasteiger partial charge in [-0.25, -0.2) is 0 Å². The summed E-state index contributed by atoms with van der Waals surface area (Å²) in [6.45, 7) is 0. The number of hydrogen-bond acceptors (Lipinski definition) is 1. The van der Waals surface area contributed by atoms with E-state index in [9.17, 15) is 0 Å². The average molecular weight is 171 g/mol. The van der Waals surface area contributed by atoms with E-state index in [1.54, 1.807) is 0 Å². The van der Waals surface area contributed by atoms with Crippen molar-refractivity contribution in [3.63, 3.8) is 0 Å². The fourth-order valence-electron chi connectivity index (χ4n) is 1.26. The highest BCUT2D eigenvalue weighted by atomic mass is 14.0. The Kier molecular flexibility index (Phi) is 3.23. The molecule has 1 heteroatoms. The van der Waals surface area contributed by atoms with Crippen LogP contribution in [0.3, 0.4) is 0 Å². The number of hydrogen-bond donors (Lipinski definition) is 1. The minimum absolute atomic E-state index is 0. The maximum Gasteiger partial charge on any atom is -0.0184 e. The van der Waals surface area contributed by atoms with Crippen LogP contribution in [0.1, 0.15) is 0 Å². The van der Waals surface area contributed by atoms with Gasteiger partial charge in [0.2, 0.25) is 0 Å². The van der Waals surface area contributed by atoms with Crippen LogP contribution in [-0.4, -0.2) is 0 Å². The van der Waals surface area contributed by atoms with Crippen molar-refractivity contribution < 1.29 is 0 Å². The molecule has 0 radical (unpaired) electrons. The molecule has 0 amide bonds. The Morgan fingerprint density at radius 1 is 0.462 bits per heavy atom. The van der Waals surface area contributed by atoms with E-state index in [2.05, 4.69) is 48.5 Å². The SMILES string of the molecule is N.c1ccc(-c2ccccc2)cc1. The molecule has 1 nitrogen and oxygen atoms in total. The van der Waals surface area contributed by atoms with Gasteiger partial charge in [-0.2, -0.15) is 0 Å². The van der Waals surface area contributed by atoms with Gasteiger partial charge in [0, 0.05) is 0 Å². The second kappa shape index (κ2) is 4.43. The van der Waals surface area contributed by atoms with E-state index in [4.69, 9.17) is 0 Å². The van der Waals surface area contributed by atoms with E-state index in [-0.39, 0.29) is 6.15 Å². The van der Waals surface area contributed by atoms with Crippen LogP contribution in [-0.2, 0) is 0 Å². The Morgan fingerprint density at radius 3 is 1.08 bits per heavy atom. The summed E-state index contributed by atoms with van der Waals surface area (Å²) in [5.74, 6) is 0. The Morgan fingerprint density at radius 2 is 0.769 bits per heavy atom. The molecule has 0 heterocycles. The molecule has 3 N–H and O–H groups in total. The summed E-state index contributed by atoms with van der Waals surface area (Å²) in [4.78, 5) is 0. The minimum atomic E-state index is 0. The molecule has 0 aliphatic heterocycles. The van der Waals surface area contributed by atoms with Crippen LogP contribution in [0.25, 0.3) is 11.1 Å². The van der Waals surface area contributed by atoms with Gasteiger partial charge in [-0.05, 0) is 11.1 Å². The van der Waals surface area contributed by atoms with Crippen LogP contribution >= 0.6 is 0 Å². The van der Waals surface area contributed by atoms with Crippen molar-refractivity contribution in [1.82, 2.24) is 6.15 Å². The molecule has 0 aliphatic carbocycles. The van der Waals surface area contributed by atoms with Gasteiger partial charge in [-0.15, -0.1) is 0 Å². The molecule has 0 saturated carbocycles. The van der Waals surface area contributed by atoms with Gasteiger partial charge in [0.15, 0.2) is 0 Å². The van der Waals surface area contributed by atoms with Crippen LogP contribution < -0.4 is 6.15 Å². The Bertz CT molecular complexity index is 303. The molecule has 66 valence electrons. The molecule has 0 aromatic heterocycles. The molecule has 2 aromatic carbocycles. The highest BCUT2D eigenvalue weighted by Gasteiger charge is 1.91. The zero-order valence-corrected chi connectivity index (χ0v) is 7.48. The topological polar surface area (TPSA) is 35.0 Å². The van der Waals surface area contributed by atoms with Crippen LogP contribution in [0, 0.1) is 0 Å². The monoisotopic (exact) mass is 171 g/mol. The standard InChI is InChI=1S/C12H10.H3N/c1-3-7-11(8-4-1)12-9-5-2-6-10-12;/h1-10H;1H3. The van der Waals surface area contributed by atoms with E-state index in [1.807, 2.05) is 12.1 Å². The Labute approximate surface area is 78.6 Å². The zero-order valence-electron chi connectivity index (χ0n) is 7.48. The van der Waals surface area contributed by atoms with E-state index >= 15 is 0 Å². The predicted octanol–water partition coefficient (Wildman–Crippen LogP) is 3.52. The third-order valence-corrected chi connectivity index (χ3v) is 1.88. The van der Waals surface area contributed by atoms with E-state index in [0.29, 0.717) is 0 Å². The quantitative estimate of drug-likeness (QED) is 0.700.